The molecule has 2 aromatic rings. The summed E-state index contributed by atoms with van der Waals surface area (Å²) >= 11 is 0. The minimum Gasteiger partial charge on any atom is -0.378 e. The van der Waals surface area contributed by atoms with Gasteiger partial charge in [0, 0.05) is 6.54 Å². The highest BCUT2D eigenvalue weighted by Gasteiger charge is 2.30. The molecule has 1 amide bonds. The lowest BCUT2D eigenvalue weighted by Gasteiger charge is -2.22. The van der Waals surface area contributed by atoms with Gasteiger partial charge in [0.05, 0.1) is 42.5 Å². The van der Waals surface area contributed by atoms with Crippen molar-refractivity contribution in [3.8, 4) is 5.69 Å². The molecule has 0 saturated carbocycles. The largest absolute Gasteiger partial charge is 0.416 e. The number of carbonyl (C=O) groups is 1. The first kappa shape index (κ1) is 16.5. The number of benzene rings is 1. The van der Waals surface area contributed by atoms with E-state index >= 15 is 0 Å². The van der Waals surface area contributed by atoms with Gasteiger partial charge in [0.15, 0.2) is 0 Å². The maximum Gasteiger partial charge on any atom is 0.416 e. The number of nitrogens with one attached hydrogen (secondary N) is 2. The first-order chi connectivity index (χ1) is 11.4. The number of morpholine rings is 1. The molecule has 1 fully saturated rings. The topological polar surface area (TPSA) is 68.2 Å². The van der Waals surface area contributed by atoms with Gasteiger partial charge in [-0.1, -0.05) is 6.07 Å². The number of anilines is 1. The van der Waals surface area contributed by atoms with E-state index in [1.807, 2.05) is 0 Å². The summed E-state index contributed by atoms with van der Waals surface area (Å²) in [5, 5.41) is 9.66. The van der Waals surface area contributed by atoms with E-state index < -0.39 is 17.8 Å². The Hall–Kier alpha value is -2.39. The zero-order valence-electron chi connectivity index (χ0n) is 12.5. The predicted molar refractivity (Wildman–Crippen MR) is 79.8 cm³/mol. The van der Waals surface area contributed by atoms with E-state index in [0.717, 1.165) is 12.1 Å². The van der Waals surface area contributed by atoms with Gasteiger partial charge >= 0.3 is 6.18 Å². The molecule has 24 heavy (non-hydrogen) atoms. The first-order valence-corrected chi connectivity index (χ1v) is 7.28. The number of halogens is 3. The monoisotopic (exact) mass is 340 g/mol. The van der Waals surface area contributed by atoms with Gasteiger partial charge in [0.2, 0.25) is 5.91 Å². The van der Waals surface area contributed by atoms with Crippen molar-refractivity contribution in [2.75, 3.05) is 25.1 Å². The molecule has 1 saturated heterocycles. The van der Waals surface area contributed by atoms with Crippen LogP contribution in [-0.4, -0.2) is 41.5 Å². The first-order valence-electron chi connectivity index (χ1n) is 7.28. The third-order valence-electron chi connectivity index (χ3n) is 3.53. The Morgan fingerprint density at radius 3 is 2.96 bits per heavy atom. The highest BCUT2D eigenvalue weighted by atomic mass is 19.4. The molecule has 0 radical (unpaired) electrons. The number of carbonyl (C=O) groups excluding carboxylic acids is 1. The molecule has 0 bridgehead atoms. The lowest BCUT2D eigenvalue weighted by atomic mass is 10.2. The van der Waals surface area contributed by atoms with Crippen molar-refractivity contribution in [1.29, 1.82) is 0 Å². The van der Waals surface area contributed by atoms with E-state index in [9.17, 15) is 18.0 Å². The van der Waals surface area contributed by atoms with Gasteiger partial charge in [0.1, 0.15) is 6.04 Å². The van der Waals surface area contributed by atoms with Crippen LogP contribution in [0.15, 0.2) is 36.7 Å². The number of ether oxygens (including phenoxy) is 1. The summed E-state index contributed by atoms with van der Waals surface area (Å²) in [6.07, 6.45) is -1.59. The van der Waals surface area contributed by atoms with Crippen LogP contribution >= 0.6 is 0 Å². The molecule has 9 heteroatoms. The molecule has 128 valence electrons. The third kappa shape index (κ3) is 3.74. The Bertz CT molecular complexity index is 724. The number of alkyl halides is 3. The molecular weight excluding hydrogens is 325 g/mol. The molecule has 1 atom stereocenters. The number of hydrogen-bond acceptors (Lipinski definition) is 4. The minimum atomic E-state index is -4.42. The molecule has 0 aliphatic carbocycles. The maximum absolute atomic E-state index is 12.8. The maximum atomic E-state index is 12.8. The van der Waals surface area contributed by atoms with Gasteiger partial charge in [-0.3, -0.25) is 4.79 Å². The van der Waals surface area contributed by atoms with E-state index in [1.165, 1.54) is 29.2 Å². The molecule has 2 heterocycles. The summed E-state index contributed by atoms with van der Waals surface area (Å²) in [6.45, 7) is 1.41. The molecule has 1 aromatic carbocycles. The second-order valence-corrected chi connectivity index (χ2v) is 5.29. The molecule has 1 aliphatic rings. The van der Waals surface area contributed by atoms with Crippen LogP contribution in [0.25, 0.3) is 5.69 Å². The molecule has 0 spiro atoms. The van der Waals surface area contributed by atoms with Crippen molar-refractivity contribution in [3.63, 3.8) is 0 Å². The van der Waals surface area contributed by atoms with Crippen molar-refractivity contribution in [3.05, 3.63) is 42.2 Å². The van der Waals surface area contributed by atoms with Crippen LogP contribution in [-0.2, 0) is 15.7 Å². The Balaban J connectivity index is 1.72. The van der Waals surface area contributed by atoms with E-state index in [4.69, 9.17) is 4.74 Å². The summed E-state index contributed by atoms with van der Waals surface area (Å²) in [5.74, 6) is -0.279. The Labute approximate surface area is 135 Å². The zero-order valence-corrected chi connectivity index (χ0v) is 12.5. The number of nitrogens with zero attached hydrogens (tertiary/aromatic N) is 2. The average Bonchev–Trinajstić information content (AvgIpc) is 3.03. The number of rotatable bonds is 3. The normalized spacial score (nSPS) is 18.4. The highest BCUT2D eigenvalue weighted by molar-refractivity contribution is 5.94. The molecule has 2 N–H and O–H groups in total. The SMILES string of the molecule is O=C(Nc1cnn(-c2cccc(C(F)(F)F)c2)c1)C1COCCN1. The van der Waals surface area contributed by atoms with Crippen molar-refractivity contribution in [1.82, 2.24) is 15.1 Å². The van der Waals surface area contributed by atoms with Gasteiger partial charge < -0.3 is 15.4 Å². The van der Waals surface area contributed by atoms with Crippen LogP contribution in [0.4, 0.5) is 18.9 Å². The van der Waals surface area contributed by atoms with Crippen molar-refractivity contribution in [2.45, 2.75) is 12.2 Å². The summed E-state index contributed by atoms with van der Waals surface area (Å²) < 4.78 is 44.8. The van der Waals surface area contributed by atoms with E-state index in [2.05, 4.69) is 15.7 Å². The molecule has 6 nitrogen and oxygen atoms in total. The van der Waals surface area contributed by atoms with E-state index in [0.29, 0.717) is 18.8 Å². The molecular formula is C15H15F3N4O2. The van der Waals surface area contributed by atoms with Crippen molar-refractivity contribution < 1.29 is 22.7 Å². The fourth-order valence-corrected chi connectivity index (χ4v) is 2.32. The number of hydrogen-bond donors (Lipinski definition) is 2. The van der Waals surface area contributed by atoms with Crippen LogP contribution in [0.3, 0.4) is 0 Å². The summed E-state index contributed by atoms with van der Waals surface area (Å²) in [5.41, 5.74) is -0.112. The van der Waals surface area contributed by atoms with Crippen LogP contribution in [0.5, 0.6) is 0 Å². The van der Waals surface area contributed by atoms with Crippen LogP contribution in [0, 0.1) is 0 Å². The quantitative estimate of drug-likeness (QED) is 0.894. The second-order valence-electron chi connectivity index (χ2n) is 5.29. The lowest BCUT2D eigenvalue weighted by molar-refractivity contribution is -0.137. The fourth-order valence-electron chi connectivity index (χ4n) is 2.32. The molecule has 3 rings (SSSR count). The highest BCUT2D eigenvalue weighted by Crippen LogP contribution is 2.30. The van der Waals surface area contributed by atoms with Gasteiger partial charge in [-0.25, -0.2) is 4.68 Å². The van der Waals surface area contributed by atoms with Gasteiger partial charge in [-0.2, -0.15) is 18.3 Å². The average molecular weight is 340 g/mol. The van der Waals surface area contributed by atoms with E-state index in [-0.39, 0.29) is 18.2 Å². The Morgan fingerprint density at radius 1 is 1.42 bits per heavy atom. The van der Waals surface area contributed by atoms with Gasteiger partial charge in [-0.15, -0.1) is 0 Å². The standard InChI is InChI=1S/C15H15F3N4O2/c16-15(17,18)10-2-1-3-12(6-10)22-8-11(7-20-22)21-14(23)13-9-24-5-4-19-13/h1-3,6-8,13,19H,4-5,9H2,(H,21,23). The van der Waals surface area contributed by atoms with Crippen LogP contribution < -0.4 is 10.6 Å². The predicted octanol–water partition coefficient (Wildman–Crippen LogP) is 1.82. The summed E-state index contributed by atoms with van der Waals surface area (Å²) in [6, 6.07) is 4.33. The van der Waals surface area contributed by atoms with Gasteiger partial charge in [-0.05, 0) is 18.2 Å². The fraction of sp³-hybridized carbons (Fsp3) is 0.333. The lowest BCUT2D eigenvalue weighted by Crippen LogP contribution is -2.48. The molecule has 1 aromatic heterocycles. The van der Waals surface area contributed by atoms with Crippen LogP contribution in [0.1, 0.15) is 5.56 Å². The van der Waals surface area contributed by atoms with Gasteiger partial charge in [0.25, 0.3) is 0 Å². The minimum absolute atomic E-state index is 0.254. The second kappa shape index (κ2) is 6.62. The zero-order chi connectivity index (χ0) is 17.2. The smallest absolute Gasteiger partial charge is 0.378 e. The third-order valence-corrected chi connectivity index (χ3v) is 3.53. The van der Waals surface area contributed by atoms with Crippen LogP contribution in [0.2, 0.25) is 0 Å². The Kier molecular flexibility index (Phi) is 4.54. The van der Waals surface area contributed by atoms with Crippen molar-refractivity contribution in [2.24, 2.45) is 0 Å². The summed E-state index contributed by atoms with van der Waals surface area (Å²) in [4.78, 5) is 12.1. The number of amides is 1. The summed E-state index contributed by atoms with van der Waals surface area (Å²) in [7, 11) is 0. The number of aromatic nitrogens is 2. The van der Waals surface area contributed by atoms with Crippen molar-refractivity contribution >= 4 is 11.6 Å². The Morgan fingerprint density at radius 2 is 2.25 bits per heavy atom. The molecule has 1 aliphatic heterocycles. The molecule has 1 unspecified atom stereocenters. The van der Waals surface area contributed by atoms with E-state index in [1.54, 1.807) is 0 Å².